The molecule has 0 fully saturated rings. The molecule has 1 aliphatic heterocycles. The van der Waals surface area contributed by atoms with Crippen molar-refractivity contribution in [1.29, 1.82) is 0 Å². The molecule has 2 N–H and O–H groups in total. The number of ether oxygens (including phenoxy) is 1. The molecule has 0 saturated carbocycles. The van der Waals surface area contributed by atoms with Gasteiger partial charge in [-0.3, -0.25) is 0 Å². The van der Waals surface area contributed by atoms with Crippen LogP contribution >= 0.6 is 0 Å². The molecule has 0 aromatic heterocycles. The predicted octanol–water partition coefficient (Wildman–Crippen LogP) is 3.46. The maximum atomic E-state index is 5.99. The van der Waals surface area contributed by atoms with Gasteiger partial charge in [0.25, 0.3) is 0 Å². The van der Waals surface area contributed by atoms with E-state index in [1.165, 1.54) is 30.4 Å². The quantitative estimate of drug-likeness (QED) is 0.809. The molecule has 0 bridgehead atoms. The largest absolute Gasteiger partial charge is 0.493 e. The normalized spacial score (nSPS) is 15.1. The van der Waals surface area contributed by atoms with E-state index in [-0.39, 0.29) is 5.54 Å². The Hall–Kier alpha value is -1.02. The summed E-state index contributed by atoms with van der Waals surface area (Å²) in [7, 11) is 0. The van der Waals surface area contributed by atoms with Crippen LogP contribution in [0.15, 0.2) is 18.2 Å². The molecule has 0 aliphatic carbocycles. The van der Waals surface area contributed by atoms with E-state index < -0.39 is 0 Å². The van der Waals surface area contributed by atoms with Gasteiger partial charge in [0.2, 0.25) is 0 Å². The summed E-state index contributed by atoms with van der Waals surface area (Å²) >= 11 is 0. The number of hydrogen-bond acceptors (Lipinski definition) is 2. The molecular weight excluding hydrogens is 222 g/mol. The first-order valence-electron chi connectivity index (χ1n) is 7.08. The number of aryl methyl sites for hydroxylation is 2. The summed E-state index contributed by atoms with van der Waals surface area (Å²) in [4.78, 5) is 0. The first-order valence-corrected chi connectivity index (χ1v) is 7.08. The number of fused-ring (bicyclic) bond motifs is 1. The first-order chi connectivity index (χ1) is 8.54. The molecule has 0 radical (unpaired) electrons. The summed E-state index contributed by atoms with van der Waals surface area (Å²) in [6, 6.07) is 6.66. The van der Waals surface area contributed by atoms with Crippen LogP contribution in [0.1, 0.15) is 50.7 Å². The Morgan fingerprint density at radius 3 is 2.89 bits per heavy atom. The van der Waals surface area contributed by atoms with Gasteiger partial charge in [-0.05, 0) is 63.1 Å². The lowest BCUT2D eigenvalue weighted by Crippen LogP contribution is -2.31. The highest BCUT2D eigenvalue weighted by molar-refractivity contribution is 5.38. The van der Waals surface area contributed by atoms with Crippen molar-refractivity contribution in [2.45, 2.75) is 57.9 Å². The van der Waals surface area contributed by atoms with Crippen molar-refractivity contribution in [3.8, 4) is 5.75 Å². The van der Waals surface area contributed by atoms with Crippen LogP contribution in [0.5, 0.6) is 5.75 Å². The van der Waals surface area contributed by atoms with Gasteiger partial charge in [-0.25, -0.2) is 0 Å². The smallest absolute Gasteiger partial charge is 0.122 e. The van der Waals surface area contributed by atoms with Crippen LogP contribution in [0.4, 0.5) is 0 Å². The molecule has 0 spiro atoms. The van der Waals surface area contributed by atoms with E-state index in [9.17, 15) is 0 Å². The zero-order valence-electron chi connectivity index (χ0n) is 11.7. The van der Waals surface area contributed by atoms with Gasteiger partial charge in [-0.1, -0.05) is 18.6 Å². The number of hydrogen-bond donors (Lipinski definition) is 1. The van der Waals surface area contributed by atoms with E-state index in [0.29, 0.717) is 0 Å². The minimum atomic E-state index is -0.0241. The number of rotatable bonds is 5. The van der Waals surface area contributed by atoms with E-state index in [0.717, 1.165) is 31.6 Å². The predicted molar refractivity (Wildman–Crippen MR) is 76.1 cm³/mol. The molecule has 2 nitrogen and oxygen atoms in total. The average molecular weight is 247 g/mol. The zero-order valence-corrected chi connectivity index (χ0v) is 11.7. The van der Waals surface area contributed by atoms with E-state index in [1.807, 2.05) is 0 Å². The Morgan fingerprint density at radius 1 is 1.28 bits per heavy atom. The highest BCUT2D eigenvalue weighted by Crippen LogP contribution is 2.26. The lowest BCUT2D eigenvalue weighted by atomic mass is 9.96. The Kier molecular flexibility index (Phi) is 4.28. The molecule has 1 heterocycles. The molecular formula is C16H25NO. The Morgan fingerprint density at radius 2 is 2.11 bits per heavy atom. The molecule has 100 valence electrons. The number of nitrogens with two attached hydrogens (primary N) is 1. The highest BCUT2D eigenvalue weighted by atomic mass is 16.5. The molecule has 1 aromatic rings. The maximum absolute atomic E-state index is 5.99. The summed E-state index contributed by atoms with van der Waals surface area (Å²) in [6.07, 6.45) is 7.00. The van der Waals surface area contributed by atoms with E-state index in [1.54, 1.807) is 0 Å². The second-order valence-electron chi connectivity index (χ2n) is 6.09. The van der Waals surface area contributed by atoms with Crippen molar-refractivity contribution in [2.24, 2.45) is 5.73 Å². The van der Waals surface area contributed by atoms with Gasteiger partial charge < -0.3 is 10.5 Å². The van der Waals surface area contributed by atoms with Crippen molar-refractivity contribution in [2.75, 3.05) is 6.61 Å². The Bertz CT molecular complexity index is 393. The van der Waals surface area contributed by atoms with Gasteiger partial charge in [-0.15, -0.1) is 0 Å². The van der Waals surface area contributed by atoms with Crippen LogP contribution in [-0.4, -0.2) is 12.1 Å². The topological polar surface area (TPSA) is 35.2 Å². The molecule has 1 aliphatic rings. The molecule has 0 unspecified atom stereocenters. The third-order valence-electron chi connectivity index (χ3n) is 3.51. The molecule has 2 rings (SSSR count). The summed E-state index contributed by atoms with van der Waals surface area (Å²) in [5.41, 5.74) is 8.79. The minimum Gasteiger partial charge on any atom is -0.493 e. The minimum absolute atomic E-state index is 0.0241. The first kappa shape index (κ1) is 13.4. The summed E-state index contributed by atoms with van der Waals surface area (Å²) in [6.45, 7) is 5.07. The van der Waals surface area contributed by atoms with Crippen LogP contribution in [-0.2, 0) is 12.8 Å². The van der Waals surface area contributed by atoms with Crippen molar-refractivity contribution < 1.29 is 4.74 Å². The fourth-order valence-corrected chi connectivity index (χ4v) is 2.48. The molecule has 0 atom stereocenters. The van der Waals surface area contributed by atoms with Crippen LogP contribution < -0.4 is 10.5 Å². The lowest BCUT2D eigenvalue weighted by molar-refractivity contribution is 0.288. The molecule has 1 aromatic carbocycles. The molecule has 2 heteroatoms. The SMILES string of the molecule is CC(C)(N)CCCCc1ccc2c(c1)CCCO2. The van der Waals surface area contributed by atoms with Crippen molar-refractivity contribution in [3.63, 3.8) is 0 Å². The van der Waals surface area contributed by atoms with Crippen LogP contribution in [0.3, 0.4) is 0 Å². The molecule has 0 amide bonds. The van der Waals surface area contributed by atoms with Gasteiger partial charge in [0.1, 0.15) is 5.75 Å². The van der Waals surface area contributed by atoms with Crippen LogP contribution in [0.2, 0.25) is 0 Å². The van der Waals surface area contributed by atoms with Gasteiger partial charge >= 0.3 is 0 Å². The van der Waals surface area contributed by atoms with E-state index in [4.69, 9.17) is 10.5 Å². The van der Waals surface area contributed by atoms with Gasteiger partial charge in [0.05, 0.1) is 6.61 Å². The van der Waals surface area contributed by atoms with Crippen LogP contribution in [0, 0.1) is 0 Å². The lowest BCUT2D eigenvalue weighted by Gasteiger charge is -2.19. The second kappa shape index (κ2) is 5.75. The summed E-state index contributed by atoms with van der Waals surface area (Å²) in [5, 5.41) is 0. The van der Waals surface area contributed by atoms with E-state index in [2.05, 4.69) is 32.0 Å². The second-order valence-corrected chi connectivity index (χ2v) is 6.09. The number of benzene rings is 1. The summed E-state index contributed by atoms with van der Waals surface area (Å²) < 4.78 is 5.63. The third kappa shape index (κ3) is 4.02. The maximum Gasteiger partial charge on any atom is 0.122 e. The third-order valence-corrected chi connectivity index (χ3v) is 3.51. The fraction of sp³-hybridized carbons (Fsp3) is 0.625. The Balaban J connectivity index is 1.83. The van der Waals surface area contributed by atoms with Gasteiger partial charge in [-0.2, -0.15) is 0 Å². The van der Waals surface area contributed by atoms with Gasteiger partial charge in [0.15, 0.2) is 0 Å². The monoisotopic (exact) mass is 247 g/mol. The Labute approximate surface area is 111 Å². The van der Waals surface area contributed by atoms with Crippen LogP contribution in [0.25, 0.3) is 0 Å². The van der Waals surface area contributed by atoms with Gasteiger partial charge in [0, 0.05) is 5.54 Å². The van der Waals surface area contributed by atoms with E-state index >= 15 is 0 Å². The summed E-state index contributed by atoms with van der Waals surface area (Å²) in [5.74, 6) is 1.09. The average Bonchev–Trinajstić information content (AvgIpc) is 2.33. The van der Waals surface area contributed by atoms with Crippen molar-refractivity contribution in [1.82, 2.24) is 0 Å². The number of unbranched alkanes of at least 4 members (excludes halogenated alkanes) is 1. The molecule has 0 saturated heterocycles. The fourth-order valence-electron chi connectivity index (χ4n) is 2.48. The molecule has 18 heavy (non-hydrogen) atoms. The zero-order chi connectivity index (χ0) is 13.0. The highest BCUT2D eigenvalue weighted by Gasteiger charge is 2.11. The standard InChI is InChI=1S/C16H25NO/c1-16(2,17)10-4-3-6-13-8-9-15-14(12-13)7-5-11-18-15/h8-9,12H,3-7,10-11,17H2,1-2H3. The van der Waals surface area contributed by atoms with Crippen molar-refractivity contribution in [3.05, 3.63) is 29.3 Å². The van der Waals surface area contributed by atoms with Crippen molar-refractivity contribution >= 4 is 0 Å².